The molecule has 0 atom stereocenters. The van der Waals surface area contributed by atoms with Crippen LogP contribution in [0.5, 0.6) is 17.2 Å². The van der Waals surface area contributed by atoms with E-state index in [2.05, 4.69) is 10.3 Å². The molecule has 0 spiro atoms. The van der Waals surface area contributed by atoms with Crippen molar-refractivity contribution in [3.63, 3.8) is 0 Å². The molecule has 0 bridgehead atoms. The quantitative estimate of drug-likeness (QED) is 0.486. The van der Waals surface area contributed by atoms with Gasteiger partial charge in [-0.15, -0.1) is 0 Å². The van der Waals surface area contributed by atoms with Crippen molar-refractivity contribution in [2.75, 3.05) is 26.1 Å². The van der Waals surface area contributed by atoms with Gasteiger partial charge in [0.15, 0.2) is 11.5 Å². The molecule has 0 unspecified atom stereocenters. The van der Waals surface area contributed by atoms with Gasteiger partial charge in [-0.25, -0.2) is 0 Å². The van der Waals surface area contributed by atoms with E-state index in [1.165, 1.54) is 19.1 Å². The van der Waals surface area contributed by atoms with Crippen molar-refractivity contribution in [3.05, 3.63) is 83.8 Å². The first-order chi connectivity index (χ1) is 16.5. The van der Waals surface area contributed by atoms with Gasteiger partial charge < -0.3 is 19.5 Å². The number of aromatic nitrogens is 1. The summed E-state index contributed by atoms with van der Waals surface area (Å²) in [6.07, 6.45) is 1.63. The van der Waals surface area contributed by atoms with E-state index in [1.807, 2.05) is 13.0 Å². The summed E-state index contributed by atoms with van der Waals surface area (Å²) in [6.45, 7) is 2.52. The van der Waals surface area contributed by atoms with Crippen LogP contribution in [0.2, 0.25) is 0 Å². The van der Waals surface area contributed by atoms with Gasteiger partial charge in [0.05, 0.1) is 38.6 Å². The van der Waals surface area contributed by atoms with Crippen LogP contribution in [0.4, 0.5) is 5.69 Å². The number of benzene rings is 2. The summed E-state index contributed by atoms with van der Waals surface area (Å²) >= 11 is 0. The largest absolute Gasteiger partial charge is 0.494 e. The number of hydrogen-bond donors (Lipinski definition) is 1. The van der Waals surface area contributed by atoms with Crippen LogP contribution in [0.1, 0.15) is 18.2 Å². The van der Waals surface area contributed by atoms with Crippen LogP contribution < -0.4 is 19.5 Å². The summed E-state index contributed by atoms with van der Waals surface area (Å²) in [7, 11) is 3.05. The minimum Gasteiger partial charge on any atom is -0.494 e. The fraction of sp³-hybridized carbons (Fsp3) is 0.192. The van der Waals surface area contributed by atoms with Crippen molar-refractivity contribution >= 4 is 23.1 Å². The topological polar surface area (TPSA) is 90.0 Å². The van der Waals surface area contributed by atoms with E-state index in [9.17, 15) is 9.59 Å². The van der Waals surface area contributed by atoms with Gasteiger partial charge in [0.25, 0.3) is 11.8 Å². The molecular formula is C26H25N3O5. The third-order valence-electron chi connectivity index (χ3n) is 5.32. The molecule has 174 valence electrons. The van der Waals surface area contributed by atoms with E-state index in [-0.39, 0.29) is 17.8 Å². The number of anilines is 1. The summed E-state index contributed by atoms with van der Waals surface area (Å²) in [5.74, 6) is 0.838. The van der Waals surface area contributed by atoms with E-state index in [1.54, 1.807) is 60.8 Å². The van der Waals surface area contributed by atoms with Gasteiger partial charge in [0, 0.05) is 11.9 Å². The lowest BCUT2D eigenvalue weighted by Crippen LogP contribution is -2.32. The van der Waals surface area contributed by atoms with E-state index >= 15 is 0 Å². The molecule has 0 radical (unpaired) electrons. The monoisotopic (exact) mass is 459 g/mol. The smallest absolute Gasteiger partial charge is 0.278 e. The molecule has 2 aromatic carbocycles. The van der Waals surface area contributed by atoms with Crippen LogP contribution >= 0.6 is 0 Å². The zero-order valence-electron chi connectivity index (χ0n) is 19.2. The van der Waals surface area contributed by atoms with Gasteiger partial charge >= 0.3 is 0 Å². The molecule has 4 rings (SSSR count). The lowest BCUT2D eigenvalue weighted by Gasteiger charge is -2.15. The third kappa shape index (κ3) is 4.56. The lowest BCUT2D eigenvalue weighted by atomic mass is 10.0. The second kappa shape index (κ2) is 10.1. The van der Waals surface area contributed by atoms with Crippen LogP contribution in [0.15, 0.2) is 72.6 Å². The lowest BCUT2D eigenvalue weighted by molar-refractivity contribution is -0.137. The van der Waals surface area contributed by atoms with Crippen molar-refractivity contribution < 1.29 is 23.8 Å². The maximum Gasteiger partial charge on any atom is 0.278 e. The number of ether oxygens (including phenoxy) is 3. The molecule has 0 fully saturated rings. The summed E-state index contributed by atoms with van der Waals surface area (Å²) in [5.41, 5.74) is 2.22. The van der Waals surface area contributed by atoms with Gasteiger partial charge in [-0.05, 0) is 61.0 Å². The zero-order chi connectivity index (χ0) is 24.1. The van der Waals surface area contributed by atoms with Crippen LogP contribution in [-0.4, -0.2) is 42.5 Å². The Morgan fingerprint density at radius 2 is 1.68 bits per heavy atom. The molecule has 2 amide bonds. The maximum absolute atomic E-state index is 13.5. The van der Waals surface area contributed by atoms with Crippen molar-refractivity contribution in [1.82, 2.24) is 9.88 Å². The Morgan fingerprint density at radius 3 is 2.32 bits per heavy atom. The summed E-state index contributed by atoms with van der Waals surface area (Å²) in [4.78, 5) is 32.4. The number of amides is 2. The Labute approximate surface area is 197 Å². The highest BCUT2D eigenvalue weighted by atomic mass is 16.5. The van der Waals surface area contributed by atoms with Crippen LogP contribution in [0.3, 0.4) is 0 Å². The Bertz CT molecular complexity index is 1220. The zero-order valence-corrected chi connectivity index (χ0v) is 19.2. The molecular weight excluding hydrogens is 434 g/mol. The highest BCUT2D eigenvalue weighted by molar-refractivity contribution is 6.36. The van der Waals surface area contributed by atoms with E-state index in [4.69, 9.17) is 14.2 Å². The number of pyridine rings is 1. The molecule has 1 N–H and O–H groups in total. The maximum atomic E-state index is 13.5. The average molecular weight is 460 g/mol. The molecule has 34 heavy (non-hydrogen) atoms. The number of carbonyl (C=O) groups excluding carboxylic acids is 2. The molecule has 2 heterocycles. The van der Waals surface area contributed by atoms with Gasteiger partial charge in [-0.3, -0.25) is 19.5 Å². The summed E-state index contributed by atoms with van der Waals surface area (Å²) < 4.78 is 16.2. The van der Waals surface area contributed by atoms with E-state index in [0.29, 0.717) is 40.8 Å². The number of imide groups is 1. The van der Waals surface area contributed by atoms with Crippen LogP contribution in [-0.2, 0) is 16.1 Å². The number of carbonyl (C=O) groups is 2. The average Bonchev–Trinajstić information content (AvgIpc) is 3.09. The molecule has 8 nitrogen and oxygen atoms in total. The third-order valence-corrected chi connectivity index (χ3v) is 5.32. The second-order valence-corrected chi connectivity index (χ2v) is 7.42. The standard InChI is InChI=1S/C26H25N3O5/c1-4-34-20-11-9-18(10-12-20)28-24-23(17-8-13-21(32-2)22(15-17)33-3)25(30)29(26(24)31)16-19-7-5-6-14-27-19/h5-15,28H,4,16H2,1-3H3. The number of hydrogen-bond acceptors (Lipinski definition) is 7. The molecule has 1 aromatic heterocycles. The van der Waals surface area contributed by atoms with Crippen LogP contribution in [0, 0.1) is 0 Å². The Hall–Kier alpha value is -4.33. The number of methoxy groups -OCH3 is 2. The van der Waals surface area contributed by atoms with Gasteiger partial charge in [0.1, 0.15) is 11.4 Å². The molecule has 8 heteroatoms. The predicted octanol–water partition coefficient (Wildman–Crippen LogP) is 3.89. The highest BCUT2D eigenvalue weighted by Crippen LogP contribution is 2.36. The fourth-order valence-corrected chi connectivity index (χ4v) is 3.69. The first kappa shape index (κ1) is 22.8. The Balaban J connectivity index is 1.74. The van der Waals surface area contributed by atoms with E-state index in [0.717, 1.165) is 0 Å². The Morgan fingerprint density at radius 1 is 0.912 bits per heavy atom. The summed E-state index contributed by atoms with van der Waals surface area (Å²) in [6, 6.07) is 17.7. The first-order valence-electron chi connectivity index (χ1n) is 10.8. The number of nitrogens with zero attached hydrogens (tertiary/aromatic N) is 2. The molecule has 3 aromatic rings. The fourth-order valence-electron chi connectivity index (χ4n) is 3.69. The van der Waals surface area contributed by atoms with Crippen molar-refractivity contribution in [2.45, 2.75) is 13.5 Å². The summed E-state index contributed by atoms with van der Waals surface area (Å²) in [5, 5.41) is 3.14. The van der Waals surface area contributed by atoms with E-state index < -0.39 is 11.8 Å². The van der Waals surface area contributed by atoms with Crippen molar-refractivity contribution in [3.8, 4) is 17.2 Å². The highest BCUT2D eigenvalue weighted by Gasteiger charge is 2.39. The van der Waals surface area contributed by atoms with Gasteiger partial charge in [-0.2, -0.15) is 0 Å². The Kier molecular flexibility index (Phi) is 6.77. The minimum absolute atomic E-state index is 0.0593. The molecule has 0 saturated heterocycles. The predicted molar refractivity (Wildman–Crippen MR) is 127 cm³/mol. The number of rotatable bonds is 9. The molecule has 0 saturated carbocycles. The number of nitrogens with one attached hydrogen (secondary N) is 1. The van der Waals surface area contributed by atoms with Gasteiger partial charge in [-0.1, -0.05) is 12.1 Å². The molecule has 0 aliphatic carbocycles. The molecule has 1 aliphatic rings. The van der Waals surface area contributed by atoms with Crippen molar-refractivity contribution in [1.29, 1.82) is 0 Å². The minimum atomic E-state index is -0.436. The molecule has 1 aliphatic heterocycles. The van der Waals surface area contributed by atoms with Crippen LogP contribution in [0.25, 0.3) is 5.57 Å². The second-order valence-electron chi connectivity index (χ2n) is 7.42. The first-order valence-corrected chi connectivity index (χ1v) is 10.8. The SMILES string of the molecule is CCOc1ccc(NC2=C(c3ccc(OC)c(OC)c3)C(=O)N(Cc3ccccn3)C2=O)cc1. The normalized spacial score (nSPS) is 13.3. The van der Waals surface area contributed by atoms with Gasteiger partial charge in [0.2, 0.25) is 0 Å². The van der Waals surface area contributed by atoms with Crippen molar-refractivity contribution in [2.24, 2.45) is 0 Å².